The smallest absolute Gasteiger partial charge is 0.317 e. The van der Waals surface area contributed by atoms with Gasteiger partial charge in [-0.25, -0.2) is 4.79 Å². The molecule has 110 valence electrons. The van der Waals surface area contributed by atoms with E-state index >= 15 is 0 Å². The normalized spacial score (nSPS) is 28.9. The van der Waals surface area contributed by atoms with Crippen molar-refractivity contribution in [1.29, 1.82) is 0 Å². The molecule has 2 rings (SSSR count). The molecule has 0 aliphatic carbocycles. The van der Waals surface area contributed by atoms with E-state index in [0.29, 0.717) is 11.8 Å². The van der Waals surface area contributed by atoms with Gasteiger partial charge in [0.1, 0.15) is 0 Å². The maximum absolute atomic E-state index is 12.2. The lowest BCUT2D eigenvalue weighted by Gasteiger charge is -2.24. The van der Waals surface area contributed by atoms with Gasteiger partial charge in [0.05, 0.1) is 6.61 Å². The molecule has 0 unspecified atom stereocenters. The van der Waals surface area contributed by atoms with Crippen molar-refractivity contribution < 1.29 is 9.53 Å². The lowest BCUT2D eigenvalue weighted by molar-refractivity contribution is 0.173. The molecule has 5 heteroatoms. The highest BCUT2D eigenvalue weighted by Gasteiger charge is 2.29. The summed E-state index contributed by atoms with van der Waals surface area (Å²) in [7, 11) is 4.18. The second-order valence-electron chi connectivity index (χ2n) is 6.22. The first-order valence-electron chi connectivity index (χ1n) is 7.34. The number of carbonyl (C=O) groups is 1. The minimum Gasteiger partial charge on any atom is -0.381 e. The minimum atomic E-state index is 0.0978. The molecule has 0 spiro atoms. The summed E-state index contributed by atoms with van der Waals surface area (Å²) in [5, 5.41) is 3.13. The van der Waals surface area contributed by atoms with Crippen molar-refractivity contribution in [3.8, 4) is 0 Å². The largest absolute Gasteiger partial charge is 0.381 e. The number of carbonyl (C=O) groups excluding carboxylic acids is 1. The molecule has 2 aliphatic heterocycles. The zero-order chi connectivity index (χ0) is 13.8. The fourth-order valence-corrected chi connectivity index (χ4v) is 3.03. The lowest BCUT2D eigenvalue weighted by Crippen LogP contribution is -2.45. The molecule has 2 aliphatic rings. The van der Waals surface area contributed by atoms with Crippen LogP contribution >= 0.6 is 0 Å². The number of ether oxygens (including phenoxy) is 1. The van der Waals surface area contributed by atoms with Gasteiger partial charge in [-0.2, -0.15) is 0 Å². The van der Waals surface area contributed by atoms with Gasteiger partial charge < -0.3 is 19.9 Å². The van der Waals surface area contributed by atoms with E-state index in [2.05, 4.69) is 31.2 Å². The van der Waals surface area contributed by atoms with E-state index in [4.69, 9.17) is 4.74 Å². The predicted molar refractivity (Wildman–Crippen MR) is 75.2 cm³/mol. The lowest BCUT2D eigenvalue weighted by atomic mass is 10.0. The molecule has 0 aromatic rings. The maximum atomic E-state index is 12.2. The van der Waals surface area contributed by atoms with Gasteiger partial charge in [-0.05, 0) is 39.8 Å². The number of hydrogen-bond donors (Lipinski definition) is 1. The van der Waals surface area contributed by atoms with Crippen LogP contribution in [0.15, 0.2) is 0 Å². The quantitative estimate of drug-likeness (QED) is 0.828. The first-order valence-corrected chi connectivity index (χ1v) is 7.34. The van der Waals surface area contributed by atoms with Gasteiger partial charge in [0.2, 0.25) is 0 Å². The molecular formula is C14H27N3O2. The minimum absolute atomic E-state index is 0.0978. The standard InChI is InChI=1S/C14H27N3O2/c1-11(13-5-7-19-10-13)15-14(18)17-6-4-12(9-17)8-16(2)3/h11-13H,4-10H2,1-3H3,(H,15,18)/t11-,12-,13-/m0/s1. The third-order valence-electron chi connectivity index (χ3n) is 4.22. The molecule has 0 bridgehead atoms. The van der Waals surface area contributed by atoms with E-state index < -0.39 is 0 Å². The van der Waals surface area contributed by atoms with E-state index in [9.17, 15) is 4.79 Å². The maximum Gasteiger partial charge on any atom is 0.317 e. The second-order valence-corrected chi connectivity index (χ2v) is 6.22. The van der Waals surface area contributed by atoms with Crippen molar-refractivity contribution in [3.63, 3.8) is 0 Å². The molecule has 3 atom stereocenters. The molecular weight excluding hydrogens is 242 g/mol. The van der Waals surface area contributed by atoms with Crippen LogP contribution in [0, 0.1) is 11.8 Å². The van der Waals surface area contributed by atoms with E-state index in [0.717, 1.165) is 45.7 Å². The molecule has 2 heterocycles. The van der Waals surface area contributed by atoms with Crippen molar-refractivity contribution in [2.45, 2.75) is 25.8 Å². The zero-order valence-electron chi connectivity index (χ0n) is 12.4. The van der Waals surface area contributed by atoms with Crippen LogP contribution in [0.5, 0.6) is 0 Å². The summed E-state index contributed by atoms with van der Waals surface area (Å²) in [6, 6.07) is 0.309. The summed E-state index contributed by atoms with van der Waals surface area (Å²) < 4.78 is 5.38. The fraction of sp³-hybridized carbons (Fsp3) is 0.929. The SMILES string of the molecule is C[C@H](NC(=O)N1CC[C@@H](CN(C)C)C1)[C@H]1CCOC1. The van der Waals surface area contributed by atoms with Crippen molar-refractivity contribution >= 4 is 6.03 Å². The predicted octanol–water partition coefficient (Wildman–Crippen LogP) is 1.00. The van der Waals surface area contributed by atoms with E-state index in [-0.39, 0.29) is 12.1 Å². The fourth-order valence-electron chi connectivity index (χ4n) is 3.03. The van der Waals surface area contributed by atoms with Gasteiger partial charge in [0.25, 0.3) is 0 Å². The number of amides is 2. The Balaban J connectivity index is 1.74. The third-order valence-corrected chi connectivity index (χ3v) is 4.22. The molecule has 2 amide bonds. The highest BCUT2D eigenvalue weighted by Crippen LogP contribution is 2.19. The Morgan fingerprint density at radius 3 is 2.89 bits per heavy atom. The van der Waals surface area contributed by atoms with Crippen LogP contribution in [0.3, 0.4) is 0 Å². The highest BCUT2D eigenvalue weighted by atomic mass is 16.5. The number of rotatable bonds is 4. The first kappa shape index (κ1) is 14.6. The highest BCUT2D eigenvalue weighted by molar-refractivity contribution is 5.74. The average molecular weight is 269 g/mol. The second kappa shape index (κ2) is 6.57. The zero-order valence-corrected chi connectivity index (χ0v) is 12.4. The molecule has 19 heavy (non-hydrogen) atoms. The van der Waals surface area contributed by atoms with Gasteiger partial charge in [0.15, 0.2) is 0 Å². The van der Waals surface area contributed by atoms with Gasteiger partial charge in [-0.15, -0.1) is 0 Å². The van der Waals surface area contributed by atoms with Gasteiger partial charge >= 0.3 is 6.03 Å². The molecule has 0 radical (unpaired) electrons. The van der Waals surface area contributed by atoms with E-state index in [1.165, 1.54) is 0 Å². The Morgan fingerprint density at radius 1 is 1.47 bits per heavy atom. The number of likely N-dealkylation sites (tertiary alicyclic amines) is 1. The molecule has 2 fully saturated rings. The number of hydrogen-bond acceptors (Lipinski definition) is 3. The number of nitrogens with zero attached hydrogens (tertiary/aromatic N) is 2. The van der Waals surface area contributed by atoms with Crippen LogP contribution in [0.25, 0.3) is 0 Å². The Kier molecular flexibility index (Phi) is 5.05. The Labute approximate surface area is 116 Å². The summed E-state index contributed by atoms with van der Waals surface area (Å²) in [4.78, 5) is 16.4. The third kappa shape index (κ3) is 4.08. The van der Waals surface area contributed by atoms with Crippen LogP contribution in [0.2, 0.25) is 0 Å². The number of urea groups is 1. The van der Waals surface area contributed by atoms with Crippen molar-refractivity contribution in [1.82, 2.24) is 15.1 Å². The van der Waals surface area contributed by atoms with Crippen LogP contribution in [-0.4, -0.2) is 68.8 Å². The molecule has 5 nitrogen and oxygen atoms in total. The Hall–Kier alpha value is -0.810. The molecule has 0 saturated carbocycles. The number of nitrogens with one attached hydrogen (secondary N) is 1. The van der Waals surface area contributed by atoms with Crippen LogP contribution in [0.4, 0.5) is 4.79 Å². The van der Waals surface area contributed by atoms with Crippen molar-refractivity contribution in [2.75, 3.05) is 46.9 Å². The van der Waals surface area contributed by atoms with Gasteiger partial charge in [-0.3, -0.25) is 0 Å². The summed E-state index contributed by atoms with van der Waals surface area (Å²) >= 11 is 0. The summed E-state index contributed by atoms with van der Waals surface area (Å²) in [5.41, 5.74) is 0. The molecule has 1 N–H and O–H groups in total. The van der Waals surface area contributed by atoms with Crippen molar-refractivity contribution in [3.05, 3.63) is 0 Å². The first-order chi connectivity index (χ1) is 9.06. The van der Waals surface area contributed by atoms with Crippen molar-refractivity contribution in [2.24, 2.45) is 11.8 Å². The van der Waals surface area contributed by atoms with Crippen LogP contribution in [0.1, 0.15) is 19.8 Å². The Bertz CT molecular complexity index is 303. The summed E-state index contributed by atoms with van der Waals surface area (Å²) in [5.74, 6) is 1.09. The molecule has 0 aromatic carbocycles. The Morgan fingerprint density at radius 2 is 2.26 bits per heavy atom. The van der Waals surface area contributed by atoms with Crippen LogP contribution in [-0.2, 0) is 4.74 Å². The topological polar surface area (TPSA) is 44.8 Å². The molecule has 0 aromatic heterocycles. The molecule has 2 saturated heterocycles. The van der Waals surface area contributed by atoms with E-state index in [1.807, 2.05) is 4.90 Å². The van der Waals surface area contributed by atoms with Gasteiger partial charge in [-0.1, -0.05) is 0 Å². The summed E-state index contributed by atoms with van der Waals surface area (Å²) in [6.07, 6.45) is 2.18. The summed E-state index contributed by atoms with van der Waals surface area (Å²) in [6.45, 7) is 6.54. The average Bonchev–Trinajstić information content (AvgIpc) is 2.97. The monoisotopic (exact) mass is 269 g/mol. The van der Waals surface area contributed by atoms with E-state index in [1.54, 1.807) is 0 Å². The van der Waals surface area contributed by atoms with Gasteiger partial charge in [0, 0.05) is 38.2 Å². The van der Waals surface area contributed by atoms with Crippen LogP contribution < -0.4 is 5.32 Å².